The van der Waals surface area contributed by atoms with Gasteiger partial charge in [0.25, 0.3) is 0 Å². The van der Waals surface area contributed by atoms with Crippen molar-refractivity contribution < 1.29 is 0 Å². The fraction of sp³-hybridized carbons (Fsp3) is 0.571. The van der Waals surface area contributed by atoms with Crippen LogP contribution in [0.15, 0.2) is 18.2 Å². The van der Waals surface area contributed by atoms with Gasteiger partial charge in [-0.3, -0.25) is 0 Å². The molecule has 2 rings (SSSR count). The van der Waals surface area contributed by atoms with E-state index in [2.05, 4.69) is 37.8 Å². The van der Waals surface area contributed by atoms with Crippen molar-refractivity contribution in [3.05, 3.63) is 23.8 Å². The zero-order chi connectivity index (χ0) is 11.8. The molecular formula is C14H22N2. The summed E-state index contributed by atoms with van der Waals surface area (Å²) >= 11 is 0. The first-order chi connectivity index (χ1) is 7.48. The molecule has 0 bridgehead atoms. The first-order valence-corrected chi connectivity index (χ1v) is 6.09. The minimum atomic E-state index is 0.411. The van der Waals surface area contributed by atoms with Crippen LogP contribution in [-0.4, -0.2) is 13.1 Å². The number of anilines is 2. The first-order valence-electron chi connectivity index (χ1n) is 6.09. The van der Waals surface area contributed by atoms with E-state index >= 15 is 0 Å². The molecule has 1 heterocycles. The molecule has 1 aromatic rings. The summed E-state index contributed by atoms with van der Waals surface area (Å²) in [5.41, 5.74) is 9.88. The molecule has 0 radical (unpaired) electrons. The van der Waals surface area contributed by atoms with Crippen LogP contribution in [0.4, 0.5) is 11.4 Å². The lowest BCUT2D eigenvalue weighted by molar-refractivity contribution is 0.293. The molecule has 16 heavy (non-hydrogen) atoms. The number of benzene rings is 1. The van der Waals surface area contributed by atoms with Crippen molar-refractivity contribution in [1.29, 1.82) is 0 Å². The summed E-state index contributed by atoms with van der Waals surface area (Å²) < 4.78 is 0. The molecule has 1 aliphatic heterocycles. The van der Waals surface area contributed by atoms with Crippen LogP contribution in [0.3, 0.4) is 0 Å². The van der Waals surface area contributed by atoms with Gasteiger partial charge in [-0.2, -0.15) is 0 Å². The summed E-state index contributed by atoms with van der Waals surface area (Å²) in [7, 11) is 0. The van der Waals surface area contributed by atoms with Gasteiger partial charge >= 0.3 is 0 Å². The van der Waals surface area contributed by atoms with Gasteiger partial charge in [0.2, 0.25) is 0 Å². The molecule has 1 aliphatic rings. The summed E-state index contributed by atoms with van der Waals surface area (Å²) in [6.07, 6.45) is 2.58. The lowest BCUT2D eigenvalue weighted by Crippen LogP contribution is -2.40. The lowest BCUT2D eigenvalue weighted by Gasteiger charge is -2.40. The van der Waals surface area contributed by atoms with E-state index in [1.54, 1.807) is 0 Å². The first kappa shape index (κ1) is 11.3. The molecule has 88 valence electrons. The highest BCUT2D eigenvalue weighted by molar-refractivity contribution is 5.68. The van der Waals surface area contributed by atoms with Crippen LogP contribution in [0.5, 0.6) is 0 Å². The second-order valence-electron chi connectivity index (χ2n) is 5.75. The van der Waals surface area contributed by atoms with Crippen molar-refractivity contribution in [3.63, 3.8) is 0 Å². The normalized spacial score (nSPS) is 19.8. The van der Waals surface area contributed by atoms with Gasteiger partial charge < -0.3 is 10.6 Å². The molecule has 0 atom stereocenters. The maximum Gasteiger partial charge on any atom is 0.0602 e. The standard InChI is InChI=1S/C14H22N2/c1-11-5-6-12(15)13(9-11)16-8-4-7-14(2,3)10-16/h5-6,9H,4,7-8,10,15H2,1-3H3. The summed E-state index contributed by atoms with van der Waals surface area (Å²) in [6.45, 7) is 9.05. The number of nitrogens with two attached hydrogens (primary N) is 1. The third-order valence-electron chi connectivity index (χ3n) is 3.43. The van der Waals surface area contributed by atoms with E-state index < -0.39 is 0 Å². The maximum atomic E-state index is 6.07. The highest BCUT2D eigenvalue weighted by Gasteiger charge is 2.27. The van der Waals surface area contributed by atoms with Crippen LogP contribution in [-0.2, 0) is 0 Å². The van der Waals surface area contributed by atoms with Crippen LogP contribution >= 0.6 is 0 Å². The number of hydrogen-bond donors (Lipinski definition) is 1. The Bertz CT molecular complexity index is 382. The van der Waals surface area contributed by atoms with Crippen LogP contribution in [0.2, 0.25) is 0 Å². The highest BCUT2D eigenvalue weighted by atomic mass is 15.1. The van der Waals surface area contributed by atoms with Crippen molar-refractivity contribution >= 4 is 11.4 Å². The predicted molar refractivity (Wildman–Crippen MR) is 70.8 cm³/mol. The molecule has 1 saturated heterocycles. The molecule has 0 amide bonds. The lowest BCUT2D eigenvalue weighted by atomic mass is 9.84. The molecule has 0 aliphatic carbocycles. The number of hydrogen-bond acceptors (Lipinski definition) is 2. The topological polar surface area (TPSA) is 29.3 Å². The Kier molecular flexibility index (Phi) is 2.83. The van der Waals surface area contributed by atoms with E-state index in [0.29, 0.717) is 5.41 Å². The number of nitrogens with zero attached hydrogens (tertiary/aromatic N) is 1. The van der Waals surface area contributed by atoms with Crippen LogP contribution in [0.1, 0.15) is 32.3 Å². The highest BCUT2D eigenvalue weighted by Crippen LogP contribution is 2.34. The van der Waals surface area contributed by atoms with E-state index in [4.69, 9.17) is 5.73 Å². The quantitative estimate of drug-likeness (QED) is 0.733. The van der Waals surface area contributed by atoms with Gasteiger partial charge in [0.15, 0.2) is 0 Å². The van der Waals surface area contributed by atoms with Gasteiger partial charge in [0.1, 0.15) is 0 Å². The van der Waals surface area contributed by atoms with Gasteiger partial charge in [-0.25, -0.2) is 0 Å². The average molecular weight is 218 g/mol. The summed E-state index contributed by atoms with van der Waals surface area (Å²) in [5, 5.41) is 0. The zero-order valence-corrected chi connectivity index (χ0v) is 10.6. The van der Waals surface area contributed by atoms with E-state index in [1.807, 2.05) is 6.07 Å². The molecule has 1 aromatic carbocycles. The Hall–Kier alpha value is -1.18. The second kappa shape index (κ2) is 4.00. The molecule has 0 unspecified atom stereocenters. The van der Waals surface area contributed by atoms with Gasteiger partial charge in [-0.05, 0) is 42.9 Å². The summed E-state index contributed by atoms with van der Waals surface area (Å²) in [4.78, 5) is 2.44. The molecule has 2 N–H and O–H groups in total. The van der Waals surface area contributed by atoms with E-state index in [-0.39, 0.29) is 0 Å². The summed E-state index contributed by atoms with van der Waals surface area (Å²) in [6, 6.07) is 6.30. The third-order valence-corrected chi connectivity index (χ3v) is 3.43. The number of nitrogen functional groups attached to an aromatic ring is 1. The van der Waals surface area contributed by atoms with Crippen molar-refractivity contribution in [2.24, 2.45) is 5.41 Å². The molecular weight excluding hydrogens is 196 g/mol. The Morgan fingerprint density at radius 1 is 1.31 bits per heavy atom. The van der Waals surface area contributed by atoms with Gasteiger partial charge in [0, 0.05) is 13.1 Å². The zero-order valence-electron chi connectivity index (χ0n) is 10.6. The SMILES string of the molecule is Cc1ccc(N)c(N2CCCC(C)(C)C2)c1. The second-order valence-corrected chi connectivity index (χ2v) is 5.75. The van der Waals surface area contributed by atoms with E-state index in [9.17, 15) is 0 Å². The molecule has 0 spiro atoms. The molecule has 2 nitrogen and oxygen atoms in total. The van der Waals surface area contributed by atoms with E-state index in [1.165, 1.54) is 24.1 Å². The smallest absolute Gasteiger partial charge is 0.0602 e. The van der Waals surface area contributed by atoms with Gasteiger partial charge in [-0.1, -0.05) is 19.9 Å². The Balaban J connectivity index is 2.26. The van der Waals surface area contributed by atoms with Gasteiger partial charge in [0.05, 0.1) is 11.4 Å². The van der Waals surface area contributed by atoms with Crippen molar-refractivity contribution in [2.45, 2.75) is 33.6 Å². The molecule has 0 aromatic heterocycles. The molecule has 2 heteroatoms. The minimum Gasteiger partial charge on any atom is -0.397 e. The molecule has 1 fully saturated rings. The van der Waals surface area contributed by atoms with Crippen molar-refractivity contribution in [1.82, 2.24) is 0 Å². The third kappa shape index (κ3) is 2.31. The van der Waals surface area contributed by atoms with Crippen LogP contribution in [0.25, 0.3) is 0 Å². The Morgan fingerprint density at radius 2 is 2.06 bits per heavy atom. The fourth-order valence-electron chi connectivity index (χ4n) is 2.56. The minimum absolute atomic E-state index is 0.411. The largest absolute Gasteiger partial charge is 0.397 e. The van der Waals surface area contributed by atoms with Crippen molar-refractivity contribution in [3.8, 4) is 0 Å². The molecule has 0 saturated carbocycles. The van der Waals surface area contributed by atoms with Crippen LogP contribution in [0, 0.1) is 12.3 Å². The van der Waals surface area contributed by atoms with E-state index in [0.717, 1.165) is 18.8 Å². The Labute approximate surface area is 98.4 Å². The maximum absolute atomic E-state index is 6.07. The number of rotatable bonds is 1. The number of piperidine rings is 1. The fourth-order valence-corrected chi connectivity index (χ4v) is 2.56. The van der Waals surface area contributed by atoms with Gasteiger partial charge in [-0.15, -0.1) is 0 Å². The van der Waals surface area contributed by atoms with Crippen molar-refractivity contribution in [2.75, 3.05) is 23.7 Å². The Morgan fingerprint density at radius 3 is 2.75 bits per heavy atom. The van der Waals surface area contributed by atoms with Crippen LogP contribution < -0.4 is 10.6 Å². The number of aryl methyl sites for hydroxylation is 1. The summed E-state index contributed by atoms with van der Waals surface area (Å²) in [5.74, 6) is 0. The average Bonchev–Trinajstić information content (AvgIpc) is 2.20. The monoisotopic (exact) mass is 218 g/mol. The predicted octanol–water partition coefficient (Wildman–Crippen LogP) is 3.20.